The average Bonchev–Trinajstić information content (AvgIpc) is 2.78. The lowest BCUT2D eigenvalue weighted by atomic mass is 10.3. The Morgan fingerprint density at radius 3 is 2.89 bits per heavy atom. The molecule has 0 unspecified atom stereocenters. The van der Waals surface area contributed by atoms with E-state index in [9.17, 15) is 12.8 Å². The number of rotatable bonds is 4. The summed E-state index contributed by atoms with van der Waals surface area (Å²) in [5.74, 6) is -0.416. The van der Waals surface area contributed by atoms with Crippen LogP contribution in [-0.2, 0) is 16.4 Å². The van der Waals surface area contributed by atoms with Crippen LogP contribution in [-0.4, -0.2) is 18.6 Å². The summed E-state index contributed by atoms with van der Waals surface area (Å²) in [4.78, 5) is -0.302. The molecule has 0 aliphatic carbocycles. The lowest BCUT2D eigenvalue weighted by molar-refractivity contribution is 0.595. The number of hydrogen-bond acceptors (Lipinski definition) is 4. The first kappa shape index (κ1) is 13.3. The van der Waals surface area contributed by atoms with E-state index < -0.39 is 15.8 Å². The Balaban J connectivity index is 2.41. The summed E-state index contributed by atoms with van der Waals surface area (Å²) in [6.07, 6.45) is 2.12. The number of nitrogens with zero attached hydrogens (tertiary/aromatic N) is 1. The second kappa shape index (κ2) is 4.88. The van der Waals surface area contributed by atoms with E-state index in [0.29, 0.717) is 12.0 Å². The fourth-order valence-electron chi connectivity index (χ4n) is 1.60. The van der Waals surface area contributed by atoms with Gasteiger partial charge in [0.1, 0.15) is 16.5 Å². The summed E-state index contributed by atoms with van der Waals surface area (Å²) in [6.45, 7) is 1.86. The van der Waals surface area contributed by atoms with Gasteiger partial charge in [0.25, 0.3) is 10.0 Å². The molecule has 0 saturated heterocycles. The van der Waals surface area contributed by atoms with Gasteiger partial charge in [0, 0.05) is 5.56 Å². The van der Waals surface area contributed by atoms with Crippen LogP contribution in [0.2, 0.25) is 0 Å². The fraction of sp³-hybridized carbons (Fsp3) is 0.182. The Morgan fingerprint density at radius 2 is 2.21 bits per heavy atom. The molecule has 8 heteroatoms. The molecule has 0 aliphatic rings. The molecule has 1 aromatic heterocycles. The fourth-order valence-corrected chi connectivity index (χ4v) is 2.80. The quantitative estimate of drug-likeness (QED) is 0.740. The van der Waals surface area contributed by atoms with Crippen LogP contribution in [0.25, 0.3) is 0 Å². The molecule has 2 rings (SSSR count). The van der Waals surface area contributed by atoms with Crippen molar-refractivity contribution in [2.24, 2.45) is 0 Å². The van der Waals surface area contributed by atoms with Gasteiger partial charge in [-0.25, -0.2) is 12.8 Å². The maximum Gasteiger partial charge on any atom is 0.265 e. The van der Waals surface area contributed by atoms with Crippen LogP contribution in [0.1, 0.15) is 12.5 Å². The van der Waals surface area contributed by atoms with Gasteiger partial charge < -0.3 is 5.73 Å². The smallest absolute Gasteiger partial charge is 0.265 e. The molecule has 4 N–H and O–H groups in total. The number of halogens is 1. The highest BCUT2D eigenvalue weighted by atomic mass is 32.2. The standard InChI is InChI=1S/C11H13FN4O2S/c1-2-7-6-14-15-11(7)16-19(17,18)10-5-8(12)3-4-9(10)13/h3-6H,2,13H2,1H3,(H2,14,15,16). The van der Waals surface area contributed by atoms with Crippen molar-refractivity contribution in [3.63, 3.8) is 0 Å². The van der Waals surface area contributed by atoms with E-state index in [4.69, 9.17) is 5.73 Å². The number of sulfonamides is 1. The summed E-state index contributed by atoms with van der Waals surface area (Å²) in [5, 5.41) is 6.30. The van der Waals surface area contributed by atoms with E-state index in [-0.39, 0.29) is 16.4 Å². The van der Waals surface area contributed by atoms with Crippen LogP contribution in [0.5, 0.6) is 0 Å². The number of aromatic amines is 1. The number of H-pyrrole nitrogens is 1. The molecule has 1 heterocycles. The Hall–Kier alpha value is -2.09. The number of nitrogens with two attached hydrogens (primary N) is 1. The van der Waals surface area contributed by atoms with Crippen molar-refractivity contribution >= 4 is 21.5 Å². The van der Waals surface area contributed by atoms with E-state index in [0.717, 1.165) is 12.1 Å². The minimum Gasteiger partial charge on any atom is -0.398 e. The zero-order valence-electron chi connectivity index (χ0n) is 10.1. The first-order valence-electron chi connectivity index (χ1n) is 5.54. The number of nitrogens with one attached hydrogen (secondary N) is 2. The summed E-state index contributed by atoms with van der Waals surface area (Å²) in [6, 6.07) is 3.18. The average molecular weight is 284 g/mol. The zero-order chi connectivity index (χ0) is 14.0. The molecule has 0 aliphatic heterocycles. The summed E-state index contributed by atoms with van der Waals surface area (Å²) in [5.41, 5.74) is 6.25. The summed E-state index contributed by atoms with van der Waals surface area (Å²) < 4.78 is 39.7. The highest BCUT2D eigenvalue weighted by molar-refractivity contribution is 7.92. The maximum atomic E-state index is 13.1. The highest BCUT2D eigenvalue weighted by Gasteiger charge is 2.20. The first-order valence-corrected chi connectivity index (χ1v) is 7.02. The molecule has 102 valence electrons. The summed E-state index contributed by atoms with van der Waals surface area (Å²) in [7, 11) is -3.96. The molecule has 0 bridgehead atoms. The molecule has 1 aromatic carbocycles. The van der Waals surface area contributed by atoms with Crippen molar-refractivity contribution in [2.45, 2.75) is 18.2 Å². The van der Waals surface area contributed by atoms with E-state index >= 15 is 0 Å². The second-order valence-electron chi connectivity index (χ2n) is 3.91. The minimum absolute atomic E-state index is 0.0218. The largest absolute Gasteiger partial charge is 0.398 e. The van der Waals surface area contributed by atoms with E-state index in [1.165, 1.54) is 12.3 Å². The van der Waals surface area contributed by atoms with Crippen LogP contribution < -0.4 is 10.5 Å². The van der Waals surface area contributed by atoms with Crippen molar-refractivity contribution in [2.75, 3.05) is 10.5 Å². The third-order valence-electron chi connectivity index (χ3n) is 2.60. The number of aryl methyl sites for hydroxylation is 1. The molecular formula is C11H13FN4O2S. The minimum atomic E-state index is -3.96. The van der Waals surface area contributed by atoms with Gasteiger partial charge in [-0.05, 0) is 24.6 Å². The molecule has 0 saturated carbocycles. The third kappa shape index (κ3) is 2.68. The molecule has 0 spiro atoms. The molecule has 0 atom stereocenters. The number of nitrogen functional groups attached to an aromatic ring is 1. The predicted octanol–water partition coefficient (Wildman–Crippen LogP) is 1.49. The van der Waals surface area contributed by atoms with Gasteiger partial charge in [0.2, 0.25) is 0 Å². The molecule has 0 amide bonds. The van der Waals surface area contributed by atoms with Gasteiger partial charge >= 0.3 is 0 Å². The van der Waals surface area contributed by atoms with E-state index in [1.54, 1.807) is 0 Å². The van der Waals surface area contributed by atoms with Crippen LogP contribution >= 0.6 is 0 Å². The molecule has 0 radical (unpaired) electrons. The maximum absolute atomic E-state index is 13.1. The van der Waals surface area contributed by atoms with Crippen molar-refractivity contribution in [3.8, 4) is 0 Å². The lowest BCUT2D eigenvalue weighted by Crippen LogP contribution is -2.16. The molecule has 19 heavy (non-hydrogen) atoms. The van der Waals surface area contributed by atoms with E-state index in [2.05, 4.69) is 14.9 Å². The topological polar surface area (TPSA) is 101 Å². The van der Waals surface area contributed by atoms with Gasteiger partial charge in [-0.2, -0.15) is 5.10 Å². The van der Waals surface area contributed by atoms with Crippen LogP contribution in [0.4, 0.5) is 15.9 Å². The third-order valence-corrected chi connectivity index (χ3v) is 4.01. The monoisotopic (exact) mass is 284 g/mol. The van der Waals surface area contributed by atoms with Crippen molar-refractivity contribution in [1.82, 2.24) is 10.2 Å². The first-order chi connectivity index (χ1) is 8.94. The number of benzene rings is 1. The van der Waals surface area contributed by atoms with Gasteiger partial charge in [-0.1, -0.05) is 6.92 Å². The van der Waals surface area contributed by atoms with Crippen molar-refractivity contribution in [3.05, 3.63) is 35.8 Å². The normalized spacial score (nSPS) is 11.5. The van der Waals surface area contributed by atoms with Gasteiger partial charge in [-0.3, -0.25) is 9.82 Å². The van der Waals surface area contributed by atoms with Crippen LogP contribution in [0.15, 0.2) is 29.3 Å². The lowest BCUT2D eigenvalue weighted by Gasteiger charge is -2.09. The highest BCUT2D eigenvalue weighted by Crippen LogP contribution is 2.23. The van der Waals surface area contributed by atoms with Crippen LogP contribution in [0, 0.1) is 5.82 Å². The van der Waals surface area contributed by atoms with Crippen molar-refractivity contribution in [1.29, 1.82) is 0 Å². The Morgan fingerprint density at radius 1 is 1.47 bits per heavy atom. The van der Waals surface area contributed by atoms with E-state index in [1.807, 2.05) is 6.92 Å². The van der Waals surface area contributed by atoms with Gasteiger partial charge in [0.05, 0.1) is 11.9 Å². The molecule has 6 nitrogen and oxygen atoms in total. The van der Waals surface area contributed by atoms with Gasteiger partial charge in [-0.15, -0.1) is 0 Å². The van der Waals surface area contributed by atoms with Crippen LogP contribution in [0.3, 0.4) is 0 Å². The molecule has 0 fully saturated rings. The number of anilines is 2. The Bertz CT molecular complexity index is 696. The Labute approximate surface area is 109 Å². The molecule has 2 aromatic rings. The number of aromatic nitrogens is 2. The molecular weight excluding hydrogens is 271 g/mol. The zero-order valence-corrected chi connectivity index (χ0v) is 11.0. The van der Waals surface area contributed by atoms with Crippen molar-refractivity contribution < 1.29 is 12.8 Å². The predicted molar refractivity (Wildman–Crippen MR) is 69.6 cm³/mol. The van der Waals surface area contributed by atoms with Gasteiger partial charge in [0.15, 0.2) is 0 Å². The number of hydrogen-bond donors (Lipinski definition) is 3. The summed E-state index contributed by atoms with van der Waals surface area (Å²) >= 11 is 0. The SMILES string of the molecule is CCc1cn[nH]c1NS(=O)(=O)c1cc(F)ccc1N. The Kier molecular flexibility index (Phi) is 3.43. The second-order valence-corrected chi connectivity index (χ2v) is 5.56.